The molecule has 1 aromatic rings. The largest absolute Gasteiger partial charge is 0.462 e. The van der Waals surface area contributed by atoms with Gasteiger partial charge >= 0.3 is 5.97 Å². The molecule has 7 heteroatoms. The number of unbranched alkanes of at least 4 members (excludes halogenated alkanes) is 1. The van der Waals surface area contributed by atoms with Crippen LogP contribution in [0.15, 0.2) is 5.18 Å². The summed E-state index contributed by atoms with van der Waals surface area (Å²) in [6, 6.07) is -0.432. The average Bonchev–Trinajstić information content (AvgIpc) is 2.90. The van der Waals surface area contributed by atoms with E-state index in [9.17, 15) is 14.5 Å². The minimum atomic E-state index is -0.442. The highest BCUT2D eigenvalue weighted by atomic mass is 32.1. The van der Waals surface area contributed by atoms with Gasteiger partial charge in [-0.3, -0.25) is 4.79 Å². The third-order valence-corrected chi connectivity index (χ3v) is 5.11. The van der Waals surface area contributed by atoms with Gasteiger partial charge in [-0.25, -0.2) is 4.79 Å². The Kier molecular flexibility index (Phi) is 6.27. The van der Waals surface area contributed by atoms with Crippen molar-refractivity contribution in [1.29, 1.82) is 0 Å². The number of nitroso groups, excluding NO2 is 1. The first-order valence-electron chi connectivity index (χ1n) is 8.07. The maximum atomic E-state index is 12.3. The number of rotatable bonds is 7. The number of hydrogen-bond donors (Lipinski definition) is 1. The maximum absolute atomic E-state index is 12.3. The van der Waals surface area contributed by atoms with Crippen molar-refractivity contribution in [2.75, 3.05) is 11.9 Å². The van der Waals surface area contributed by atoms with Crippen molar-refractivity contribution < 1.29 is 14.3 Å². The van der Waals surface area contributed by atoms with Crippen LogP contribution in [-0.2, 0) is 16.0 Å². The molecule has 1 aliphatic carbocycles. The number of hydrogen-bond acceptors (Lipinski definition) is 6. The summed E-state index contributed by atoms with van der Waals surface area (Å²) in [4.78, 5) is 36.2. The van der Waals surface area contributed by atoms with E-state index >= 15 is 0 Å². The number of thiophene rings is 1. The summed E-state index contributed by atoms with van der Waals surface area (Å²) >= 11 is 1.28. The predicted molar refractivity (Wildman–Crippen MR) is 89.9 cm³/mol. The summed E-state index contributed by atoms with van der Waals surface area (Å²) in [5.41, 5.74) is 1.22. The van der Waals surface area contributed by atoms with E-state index in [4.69, 9.17) is 4.74 Å². The van der Waals surface area contributed by atoms with E-state index in [-0.39, 0.29) is 12.5 Å². The second-order valence-electron chi connectivity index (χ2n) is 5.53. The van der Waals surface area contributed by atoms with E-state index < -0.39 is 12.0 Å². The second kappa shape index (κ2) is 8.19. The summed E-state index contributed by atoms with van der Waals surface area (Å²) in [5.74, 6) is -0.561. The normalized spacial score (nSPS) is 16.5. The number of fused-ring (bicyclic) bond motifs is 1. The molecule has 0 radical (unpaired) electrons. The maximum Gasteiger partial charge on any atom is 0.341 e. The van der Waals surface area contributed by atoms with E-state index in [1.165, 1.54) is 11.3 Å². The van der Waals surface area contributed by atoms with E-state index in [1.54, 1.807) is 6.92 Å². The molecule has 0 saturated heterocycles. The highest BCUT2D eigenvalue weighted by Gasteiger charge is 2.32. The quantitative estimate of drug-likeness (QED) is 0.596. The van der Waals surface area contributed by atoms with Crippen LogP contribution in [0.1, 0.15) is 72.8 Å². The molecule has 1 N–H and O–H groups in total. The molecule has 0 bridgehead atoms. The number of nitrogens with zero attached hydrogens (tertiary/aromatic N) is 1. The number of esters is 1. The molecule has 1 aromatic heterocycles. The van der Waals surface area contributed by atoms with Crippen LogP contribution >= 0.6 is 11.3 Å². The number of carbonyl (C=O) groups is 2. The van der Waals surface area contributed by atoms with Crippen molar-refractivity contribution >= 4 is 28.2 Å². The highest BCUT2D eigenvalue weighted by molar-refractivity contribution is 7.17. The van der Waals surface area contributed by atoms with Gasteiger partial charge in [0.25, 0.3) is 0 Å². The Hall–Kier alpha value is -1.76. The first kappa shape index (κ1) is 17.6. The molecular formula is C16H22N2O4S. The molecule has 6 nitrogen and oxygen atoms in total. The number of carbonyl (C=O) groups excluding carboxylic acids is 2. The SMILES string of the molecule is CCCCC(=O)Nc1sc2c(c1C(=O)OCC)CCCC2N=O. The van der Waals surface area contributed by atoms with Crippen LogP contribution in [-0.4, -0.2) is 18.5 Å². The van der Waals surface area contributed by atoms with Gasteiger partial charge in [-0.05, 0) is 38.2 Å². The molecule has 0 aliphatic heterocycles. The van der Waals surface area contributed by atoms with E-state index in [0.29, 0.717) is 29.8 Å². The lowest BCUT2D eigenvalue weighted by atomic mass is 9.92. The zero-order valence-corrected chi connectivity index (χ0v) is 14.3. The fourth-order valence-corrected chi connectivity index (χ4v) is 4.06. The molecule has 1 unspecified atom stereocenters. The molecule has 2 rings (SSSR count). The Labute approximate surface area is 139 Å². The summed E-state index contributed by atoms with van der Waals surface area (Å²) in [7, 11) is 0. The lowest BCUT2D eigenvalue weighted by Gasteiger charge is -2.16. The minimum absolute atomic E-state index is 0.119. The number of nitrogens with one attached hydrogen (secondary N) is 1. The fraction of sp³-hybridized carbons (Fsp3) is 0.625. The lowest BCUT2D eigenvalue weighted by Crippen LogP contribution is -2.15. The van der Waals surface area contributed by atoms with Gasteiger partial charge in [0.15, 0.2) is 0 Å². The molecule has 1 aliphatic rings. The van der Waals surface area contributed by atoms with Crippen LogP contribution in [0.25, 0.3) is 0 Å². The van der Waals surface area contributed by atoms with Crippen LogP contribution in [0, 0.1) is 4.91 Å². The zero-order chi connectivity index (χ0) is 16.8. The molecule has 126 valence electrons. The van der Waals surface area contributed by atoms with E-state index in [2.05, 4.69) is 10.5 Å². The molecule has 0 fully saturated rings. The van der Waals surface area contributed by atoms with Crippen molar-refractivity contribution in [3.63, 3.8) is 0 Å². The minimum Gasteiger partial charge on any atom is -0.462 e. The second-order valence-corrected chi connectivity index (χ2v) is 6.59. The number of amides is 1. The number of anilines is 1. The topological polar surface area (TPSA) is 84.8 Å². The van der Waals surface area contributed by atoms with Gasteiger partial charge in [0, 0.05) is 11.3 Å². The molecule has 1 atom stereocenters. The monoisotopic (exact) mass is 338 g/mol. The van der Waals surface area contributed by atoms with Crippen LogP contribution in [0.3, 0.4) is 0 Å². The first-order chi connectivity index (χ1) is 11.1. The van der Waals surface area contributed by atoms with E-state index in [0.717, 1.165) is 29.7 Å². The zero-order valence-electron chi connectivity index (χ0n) is 13.5. The van der Waals surface area contributed by atoms with Crippen molar-refractivity contribution in [2.24, 2.45) is 5.18 Å². The van der Waals surface area contributed by atoms with Gasteiger partial charge in [0.2, 0.25) is 5.91 Å². The fourth-order valence-electron chi connectivity index (χ4n) is 2.74. The number of ether oxygens (including phenoxy) is 1. The molecule has 1 heterocycles. The smallest absolute Gasteiger partial charge is 0.341 e. The third-order valence-electron chi connectivity index (χ3n) is 3.86. The molecule has 0 aromatic carbocycles. The van der Waals surface area contributed by atoms with Gasteiger partial charge < -0.3 is 10.1 Å². The highest BCUT2D eigenvalue weighted by Crippen LogP contribution is 2.44. The summed E-state index contributed by atoms with van der Waals surface area (Å²) in [6.45, 7) is 4.02. The summed E-state index contributed by atoms with van der Waals surface area (Å²) in [6.07, 6.45) is 4.33. The van der Waals surface area contributed by atoms with Crippen LogP contribution < -0.4 is 5.32 Å². The van der Waals surface area contributed by atoms with E-state index in [1.807, 2.05) is 6.92 Å². The predicted octanol–water partition coefficient (Wildman–Crippen LogP) is 4.20. The van der Waals surface area contributed by atoms with Gasteiger partial charge in [-0.2, -0.15) is 4.91 Å². The van der Waals surface area contributed by atoms with Crippen molar-refractivity contribution in [3.8, 4) is 0 Å². The van der Waals surface area contributed by atoms with Crippen LogP contribution in [0.4, 0.5) is 5.00 Å². The molecule has 1 amide bonds. The summed E-state index contributed by atoms with van der Waals surface area (Å²) in [5, 5.41) is 6.49. The molecular weight excluding hydrogens is 316 g/mol. The third kappa shape index (κ3) is 3.96. The molecule has 0 spiro atoms. The Balaban J connectivity index is 2.35. The first-order valence-corrected chi connectivity index (χ1v) is 8.88. The van der Waals surface area contributed by atoms with Crippen molar-refractivity contribution in [1.82, 2.24) is 0 Å². The lowest BCUT2D eigenvalue weighted by molar-refractivity contribution is -0.116. The van der Waals surface area contributed by atoms with Gasteiger partial charge in [-0.15, -0.1) is 11.3 Å². The van der Waals surface area contributed by atoms with Gasteiger partial charge in [0.1, 0.15) is 11.0 Å². The summed E-state index contributed by atoms with van der Waals surface area (Å²) < 4.78 is 5.13. The van der Waals surface area contributed by atoms with Crippen molar-refractivity contribution in [2.45, 2.75) is 58.4 Å². The average molecular weight is 338 g/mol. The Bertz CT molecular complexity index is 597. The Morgan fingerprint density at radius 2 is 2.17 bits per heavy atom. The van der Waals surface area contributed by atoms with Gasteiger partial charge in [0.05, 0.1) is 12.2 Å². The Morgan fingerprint density at radius 3 is 2.83 bits per heavy atom. The van der Waals surface area contributed by atoms with Crippen LogP contribution in [0.5, 0.6) is 0 Å². The standard InChI is InChI=1S/C16H22N2O4S/c1-3-5-9-12(19)17-15-13(16(20)22-4-2)10-7-6-8-11(18-21)14(10)23-15/h11H,3-9H2,1-2H3,(H,17,19). The van der Waals surface area contributed by atoms with Crippen LogP contribution in [0.2, 0.25) is 0 Å². The van der Waals surface area contributed by atoms with Crippen molar-refractivity contribution in [3.05, 3.63) is 20.9 Å². The van der Waals surface area contributed by atoms with Gasteiger partial charge in [-0.1, -0.05) is 18.5 Å². The Morgan fingerprint density at radius 1 is 1.39 bits per heavy atom. The molecule has 0 saturated carbocycles. The molecule has 23 heavy (non-hydrogen) atoms.